The Morgan fingerprint density at radius 1 is 1.58 bits per heavy atom. The minimum atomic E-state index is -0.586. The average molecular weight is 276 g/mol. The zero-order chi connectivity index (χ0) is 9.14. The van der Waals surface area contributed by atoms with Gasteiger partial charge < -0.3 is 0 Å². The number of nitro groups is 1. The first-order valence-corrected chi connectivity index (χ1v) is 4.02. The second-order valence-electron chi connectivity index (χ2n) is 1.99. The highest BCUT2D eigenvalue weighted by Crippen LogP contribution is 2.28. The number of hydrogen-bond acceptors (Lipinski definition) is 3. The summed E-state index contributed by atoms with van der Waals surface area (Å²) in [6, 6.07) is 4.36. The van der Waals surface area contributed by atoms with Crippen LogP contribution in [0, 0.1) is 19.1 Å². The van der Waals surface area contributed by atoms with Gasteiger partial charge in [0.15, 0.2) is 4.98 Å². The number of nitro benzene ring substituents is 1. The maximum atomic E-state index is 10.4. The van der Waals surface area contributed by atoms with Crippen molar-refractivity contribution in [1.82, 2.24) is 0 Å². The predicted molar refractivity (Wildman–Crippen MR) is 50.6 cm³/mol. The molecule has 1 aromatic carbocycles. The highest BCUT2D eigenvalue weighted by atomic mass is 127. The summed E-state index contributed by atoms with van der Waals surface area (Å²) in [6.45, 7) is 0. The molecule has 0 saturated carbocycles. The predicted octanol–water partition coefficient (Wildman–Crippen LogP) is 2.68. The monoisotopic (exact) mass is 276 g/mol. The van der Waals surface area contributed by atoms with E-state index in [1.807, 2.05) is 22.6 Å². The average Bonchev–Trinajstić information content (AvgIpc) is 2.04. The van der Waals surface area contributed by atoms with Crippen LogP contribution < -0.4 is 0 Å². The number of diazo groups is 1. The summed E-state index contributed by atoms with van der Waals surface area (Å²) in [5, 5.41) is 18.7. The van der Waals surface area contributed by atoms with Gasteiger partial charge in [-0.3, -0.25) is 10.1 Å². The van der Waals surface area contributed by atoms with Crippen molar-refractivity contribution >= 4 is 34.0 Å². The number of halogens is 1. The molecule has 0 fully saturated rings. The van der Waals surface area contributed by atoms with Gasteiger partial charge >= 0.3 is 11.4 Å². The Morgan fingerprint density at radius 3 is 2.75 bits per heavy atom. The number of hydrogen-bond donors (Lipinski definition) is 0. The van der Waals surface area contributed by atoms with Crippen LogP contribution in [0.1, 0.15) is 0 Å². The fourth-order valence-electron chi connectivity index (χ4n) is 0.727. The fourth-order valence-corrected chi connectivity index (χ4v) is 1.20. The Hall–Kier alpha value is -1.23. The van der Waals surface area contributed by atoms with Gasteiger partial charge in [0.25, 0.3) is 0 Å². The van der Waals surface area contributed by atoms with Crippen LogP contribution in [0.4, 0.5) is 11.4 Å². The molecule has 1 aromatic rings. The quantitative estimate of drug-likeness (QED) is 0.342. The maximum Gasteiger partial charge on any atom is 0.461 e. The molecule has 0 aliphatic heterocycles. The van der Waals surface area contributed by atoms with E-state index in [0.29, 0.717) is 0 Å². The standard InChI is InChI=1S/C6H3IN3O2/c7-4-1-2-5(9-8)6(3-4)10(11)12/h1-3H/q+1. The Bertz CT molecular complexity index is 372. The van der Waals surface area contributed by atoms with Crippen LogP contribution in [0.15, 0.2) is 18.2 Å². The zero-order valence-corrected chi connectivity index (χ0v) is 7.93. The molecule has 0 aliphatic rings. The molecule has 6 heteroatoms. The molecule has 0 N–H and O–H groups in total. The van der Waals surface area contributed by atoms with E-state index in [4.69, 9.17) is 5.39 Å². The molecule has 60 valence electrons. The topological polar surface area (TPSA) is 71.3 Å². The summed E-state index contributed by atoms with van der Waals surface area (Å²) in [5.74, 6) is 0. The Morgan fingerprint density at radius 2 is 2.25 bits per heavy atom. The van der Waals surface area contributed by atoms with Crippen molar-refractivity contribution in [2.45, 2.75) is 0 Å². The van der Waals surface area contributed by atoms with Crippen LogP contribution in [0.25, 0.3) is 4.98 Å². The van der Waals surface area contributed by atoms with Crippen molar-refractivity contribution in [2.75, 3.05) is 0 Å². The molecule has 0 amide bonds. The van der Waals surface area contributed by atoms with Crippen LogP contribution in [0.3, 0.4) is 0 Å². The summed E-state index contributed by atoms with van der Waals surface area (Å²) in [7, 11) is 0. The lowest BCUT2D eigenvalue weighted by molar-refractivity contribution is -0.383. The Balaban J connectivity index is 3.34. The van der Waals surface area contributed by atoms with Gasteiger partial charge in [-0.2, -0.15) is 0 Å². The molecule has 0 aromatic heterocycles. The molecule has 5 nitrogen and oxygen atoms in total. The molecule has 0 radical (unpaired) electrons. The highest BCUT2D eigenvalue weighted by molar-refractivity contribution is 14.1. The molecule has 0 heterocycles. The SMILES string of the molecule is N#[N+]c1ccc(I)cc1[N+](=O)[O-]. The van der Waals surface area contributed by atoms with E-state index in [9.17, 15) is 10.1 Å². The molecular formula is C6H3IN3O2+. The van der Waals surface area contributed by atoms with E-state index in [0.717, 1.165) is 3.57 Å². The van der Waals surface area contributed by atoms with Gasteiger partial charge in [0.05, 0.1) is 4.92 Å². The van der Waals surface area contributed by atoms with Crippen molar-refractivity contribution in [1.29, 1.82) is 5.39 Å². The minimum absolute atomic E-state index is 0.0274. The van der Waals surface area contributed by atoms with Crippen molar-refractivity contribution < 1.29 is 4.92 Å². The first-order valence-electron chi connectivity index (χ1n) is 2.94. The van der Waals surface area contributed by atoms with Crippen molar-refractivity contribution in [3.05, 3.63) is 36.9 Å². The summed E-state index contributed by atoms with van der Waals surface area (Å²) in [6.07, 6.45) is 0. The maximum absolute atomic E-state index is 10.4. The van der Waals surface area contributed by atoms with Crippen molar-refractivity contribution in [3.63, 3.8) is 0 Å². The van der Waals surface area contributed by atoms with Gasteiger partial charge in [0.2, 0.25) is 5.39 Å². The van der Waals surface area contributed by atoms with Gasteiger partial charge in [-0.25, -0.2) is 0 Å². The lowest BCUT2D eigenvalue weighted by atomic mass is 10.3. The minimum Gasteiger partial charge on any atom is -0.258 e. The van der Waals surface area contributed by atoms with Gasteiger partial charge in [0.1, 0.15) is 0 Å². The molecule has 12 heavy (non-hydrogen) atoms. The van der Waals surface area contributed by atoms with E-state index in [1.165, 1.54) is 12.1 Å². The second-order valence-corrected chi connectivity index (χ2v) is 3.24. The lowest BCUT2D eigenvalue weighted by Crippen LogP contribution is -1.88. The third-order valence-electron chi connectivity index (χ3n) is 1.24. The molecule has 0 saturated heterocycles. The van der Waals surface area contributed by atoms with Gasteiger partial charge in [0, 0.05) is 15.7 Å². The van der Waals surface area contributed by atoms with E-state index in [1.54, 1.807) is 6.07 Å². The van der Waals surface area contributed by atoms with Crippen molar-refractivity contribution in [2.24, 2.45) is 0 Å². The van der Waals surface area contributed by atoms with Crippen LogP contribution in [-0.2, 0) is 0 Å². The molecule has 0 atom stereocenters. The molecular weight excluding hydrogens is 273 g/mol. The van der Waals surface area contributed by atoms with Crippen LogP contribution in [0.2, 0.25) is 0 Å². The van der Waals surface area contributed by atoms with Crippen LogP contribution >= 0.6 is 22.6 Å². The Labute approximate surface area is 81.3 Å². The first kappa shape index (κ1) is 8.86. The molecule has 0 unspecified atom stereocenters. The van der Waals surface area contributed by atoms with Gasteiger partial charge in [-0.15, -0.1) is 0 Å². The van der Waals surface area contributed by atoms with E-state index >= 15 is 0 Å². The Kier molecular flexibility index (Phi) is 2.54. The molecule has 0 bridgehead atoms. The third-order valence-corrected chi connectivity index (χ3v) is 1.91. The van der Waals surface area contributed by atoms with Crippen LogP contribution in [-0.4, -0.2) is 4.92 Å². The third kappa shape index (κ3) is 1.68. The fraction of sp³-hybridized carbons (Fsp3) is 0. The van der Waals surface area contributed by atoms with E-state index < -0.39 is 4.92 Å². The van der Waals surface area contributed by atoms with E-state index in [-0.39, 0.29) is 11.4 Å². The molecule has 0 aliphatic carbocycles. The zero-order valence-electron chi connectivity index (χ0n) is 5.77. The lowest BCUT2D eigenvalue weighted by Gasteiger charge is -1.87. The number of nitrogens with zero attached hydrogens (tertiary/aromatic N) is 3. The summed E-state index contributed by atoms with van der Waals surface area (Å²) in [4.78, 5) is 12.6. The van der Waals surface area contributed by atoms with Gasteiger partial charge in [-0.05, 0) is 28.7 Å². The first-order chi connectivity index (χ1) is 5.65. The normalized spacial score (nSPS) is 9.00. The number of benzene rings is 1. The highest BCUT2D eigenvalue weighted by Gasteiger charge is 2.23. The summed E-state index contributed by atoms with van der Waals surface area (Å²) < 4.78 is 0.728. The van der Waals surface area contributed by atoms with Crippen LogP contribution in [0.5, 0.6) is 0 Å². The molecule has 0 spiro atoms. The molecule has 1 rings (SSSR count). The summed E-state index contributed by atoms with van der Waals surface area (Å²) >= 11 is 1.94. The summed E-state index contributed by atoms with van der Waals surface area (Å²) in [5.41, 5.74) is -0.218. The van der Waals surface area contributed by atoms with Crippen molar-refractivity contribution in [3.8, 4) is 0 Å². The van der Waals surface area contributed by atoms with E-state index in [2.05, 4.69) is 4.98 Å². The number of rotatable bonds is 1. The second kappa shape index (κ2) is 3.44. The van der Waals surface area contributed by atoms with Gasteiger partial charge in [-0.1, -0.05) is 0 Å². The smallest absolute Gasteiger partial charge is 0.258 e. The largest absolute Gasteiger partial charge is 0.461 e.